The molecule has 0 bridgehead atoms. The van der Waals surface area contributed by atoms with E-state index in [1.165, 1.54) is 42.4 Å². The standard InChI is InChI=1S/C16H23NO2/c1-18-14-9-13(16(10-17)7-8-16)15(19-2)12-6-4-3-5-11(12)14/h9H,3-8,10,17H2,1-2H3. The summed E-state index contributed by atoms with van der Waals surface area (Å²) in [7, 11) is 3.55. The fourth-order valence-corrected chi connectivity index (χ4v) is 3.42. The molecule has 0 amide bonds. The van der Waals surface area contributed by atoms with E-state index >= 15 is 0 Å². The van der Waals surface area contributed by atoms with Crippen molar-refractivity contribution in [2.24, 2.45) is 5.73 Å². The topological polar surface area (TPSA) is 44.5 Å². The van der Waals surface area contributed by atoms with E-state index in [0.717, 1.165) is 24.3 Å². The number of ether oxygens (including phenoxy) is 2. The van der Waals surface area contributed by atoms with Crippen molar-refractivity contribution in [1.82, 2.24) is 0 Å². The SMILES string of the molecule is COc1cc(C2(CN)CC2)c(OC)c2c1CCCC2. The summed E-state index contributed by atoms with van der Waals surface area (Å²) in [6.07, 6.45) is 7.03. The second-order valence-electron chi connectivity index (χ2n) is 5.81. The Hall–Kier alpha value is -1.22. The third-order valence-corrected chi connectivity index (χ3v) is 4.80. The van der Waals surface area contributed by atoms with Crippen molar-refractivity contribution >= 4 is 0 Å². The van der Waals surface area contributed by atoms with Crippen LogP contribution in [0.3, 0.4) is 0 Å². The smallest absolute Gasteiger partial charge is 0.126 e. The molecule has 0 saturated heterocycles. The van der Waals surface area contributed by atoms with Crippen LogP contribution in [0.4, 0.5) is 0 Å². The van der Waals surface area contributed by atoms with Crippen LogP contribution in [0.2, 0.25) is 0 Å². The lowest BCUT2D eigenvalue weighted by atomic mass is 9.84. The number of benzene rings is 1. The summed E-state index contributed by atoms with van der Waals surface area (Å²) in [5.41, 5.74) is 10.1. The highest BCUT2D eigenvalue weighted by atomic mass is 16.5. The number of fused-ring (bicyclic) bond motifs is 1. The highest BCUT2D eigenvalue weighted by Gasteiger charge is 2.46. The van der Waals surface area contributed by atoms with Gasteiger partial charge in [-0.3, -0.25) is 0 Å². The minimum absolute atomic E-state index is 0.144. The molecule has 3 heteroatoms. The van der Waals surface area contributed by atoms with E-state index in [4.69, 9.17) is 15.2 Å². The third-order valence-electron chi connectivity index (χ3n) is 4.80. The molecular formula is C16H23NO2. The average molecular weight is 261 g/mol. The summed E-state index contributed by atoms with van der Waals surface area (Å²) in [5.74, 6) is 2.11. The van der Waals surface area contributed by atoms with Crippen LogP contribution >= 0.6 is 0 Å². The summed E-state index contributed by atoms with van der Waals surface area (Å²) >= 11 is 0. The normalized spacial score (nSPS) is 19.7. The molecule has 1 fully saturated rings. The lowest BCUT2D eigenvalue weighted by Gasteiger charge is -2.26. The van der Waals surface area contributed by atoms with Crippen molar-refractivity contribution in [2.75, 3.05) is 20.8 Å². The zero-order valence-corrected chi connectivity index (χ0v) is 11.9. The van der Waals surface area contributed by atoms with Crippen LogP contribution < -0.4 is 15.2 Å². The van der Waals surface area contributed by atoms with Gasteiger partial charge in [0, 0.05) is 28.7 Å². The lowest BCUT2D eigenvalue weighted by Crippen LogP contribution is -2.22. The lowest BCUT2D eigenvalue weighted by molar-refractivity contribution is 0.380. The quantitative estimate of drug-likeness (QED) is 0.906. The van der Waals surface area contributed by atoms with Crippen molar-refractivity contribution in [3.8, 4) is 11.5 Å². The van der Waals surface area contributed by atoms with Crippen molar-refractivity contribution in [1.29, 1.82) is 0 Å². The molecule has 104 valence electrons. The Morgan fingerprint density at radius 3 is 2.32 bits per heavy atom. The second-order valence-corrected chi connectivity index (χ2v) is 5.81. The third kappa shape index (κ3) is 1.91. The average Bonchev–Trinajstić information content (AvgIpc) is 3.26. The fourth-order valence-electron chi connectivity index (χ4n) is 3.42. The van der Waals surface area contributed by atoms with Crippen molar-refractivity contribution in [2.45, 2.75) is 43.9 Å². The molecule has 0 atom stereocenters. The monoisotopic (exact) mass is 261 g/mol. The van der Waals surface area contributed by atoms with Gasteiger partial charge in [0.05, 0.1) is 14.2 Å². The molecule has 19 heavy (non-hydrogen) atoms. The van der Waals surface area contributed by atoms with E-state index in [9.17, 15) is 0 Å². The molecule has 1 saturated carbocycles. The minimum Gasteiger partial charge on any atom is -0.496 e. The van der Waals surface area contributed by atoms with Crippen molar-refractivity contribution < 1.29 is 9.47 Å². The first-order chi connectivity index (χ1) is 9.25. The Bertz CT molecular complexity index is 492. The predicted octanol–water partition coefficient (Wildman–Crippen LogP) is 2.57. The summed E-state index contributed by atoms with van der Waals surface area (Å²) in [5, 5.41) is 0. The van der Waals surface area contributed by atoms with Gasteiger partial charge in [-0.15, -0.1) is 0 Å². The molecular weight excluding hydrogens is 238 g/mol. The molecule has 0 heterocycles. The van der Waals surface area contributed by atoms with Crippen LogP contribution in [-0.4, -0.2) is 20.8 Å². The van der Waals surface area contributed by atoms with Crippen molar-refractivity contribution in [3.63, 3.8) is 0 Å². The van der Waals surface area contributed by atoms with Gasteiger partial charge < -0.3 is 15.2 Å². The maximum atomic E-state index is 6.00. The maximum absolute atomic E-state index is 6.00. The Balaban J connectivity index is 2.19. The van der Waals surface area contributed by atoms with E-state index in [1.54, 1.807) is 14.2 Å². The molecule has 1 aromatic carbocycles. The first kappa shape index (κ1) is 12.8. The zero-order valence-electron chi connectivity index (χ0n) is 11.9. The van der Waals surface area contributed by atoms with Gasteiger partial charge in [-0.1, -0.05) is 0 Å². The summed E-state index contributed by atoms with van der Waals surface area (Å²) < 4.78 is 11.4. The van der Waals surface area contributed by atoms with E-state index in [1.807, 2.05) is 0 Å². The molecule has 3 nitrogen and oxygen atoms in total. The fraction of sp³-hybridized carbons (Fsp3) is 0.625. The molecule has 1 aromatic rings. The number of rotatable bonds is 4. The second kappa shape index (κ2) is 4.71. The highest BCUT2D eigenvalue weighted by Crippen LogP contribution is 2.53. The molecule has 0 aromatic heterocycles. The highest BCUT2D eigenvalue weighted by molar-refractivity contribution is 5.58. The van der Waals surface area contributed by atoms with Crippen LogP contribution in [0.1, 0.15) is 42.4 Å². The molecule has 2 N–H and O–H groups in total. The van der Waals surface area contributed by atoms with Crippen LogP contribution in [-0.2, 0) is 18.3 Å². The molecule has 0 unspecified atom stereocenters. The first-order valence-electron chi connectivity index (χ1n) is 7.23. The molecule has 3 rings (SSSR count). The van der Waals surface area contributed by atoms with E-state index in [2.05, 4.69) is 6.07 Å². The van der Waals surface area contributed by atoms with Crippen LogP contribution in [0, 0.1) is 0 Å². The minimum atomic E-state index is 0.144. The van der Waals surface area contributed by atoms with Gasteiger partial charge >= 0.3 is 0 Å². The zero-order chi connectivity index (χ0) is 13.5. The Morgan fingerprint density at radius 2 is 1.79 bits per heavy atom. The van der Waals surface area contributed by atoms with Gasteiger partial charge in [-0.05, 0) is 44.6 Å². The number of methoxy groups -OCH3 is 2. The molecule has 2 aliphatic carbocycles. The van der Waals surface area contributed by atoms with Gasteiger partial charge in [-0.25, -0.2) is 0 Å². The van der Waals surface area contributed by atoms with Gasteiger partial charge in [-0.2, -0.15) is 0 Å². The van der Waals surface area contributed by atoms with E-state index in [0.29, 0.717) is 6.54 Å². The number of hydrogen-bond donors (Lipinski definition) is 1. The van der Waals surface area contributed by atoms with Gasteiger partial charge in [0.2, 0.25) is 0 Å². The largest absolute Gasteiger partial charge is 0.496 e. The molecule has 0 radical (unpaired) electrons. The summed E-state index contributed by atoms with van der Waals surface area (Å²) in [6, 6.07) is 2.18. The number of hydrogen-bond acceptors (Lipinski definition) is 3. The first-order valence-corrected chi connectivity index (χ1v) is 7.23. The van der Waals surface area contributed by atoms with E-state index < -0.39 is 0 Å². The Morgan fingerprint density at radius 1 is 1.11 bits per heavy atom. The predicted molar refractivity (Wildman–Crippen MR) is 76.2 cm³/mol. The van der Waals surface area contributed by atoms with Crippen molar-refractivity contribution in [3.05, 3.63) is 22.8 Å². The summed E-state index contributed by atoms with van der Waals surface area (Å²) in [6.45, 7) is 0.700. The van der Waals surface area contributed by atoms with E-state index in [-0.39, 0.29) is 5.41 Å². The molecule has 0 spiro atoms. The molecule has 0 aliphatic heterocycles. The van der Waals surface area contributed by atoms with Gasteiger partial charge in [0.15, 0.2) is 0 Å². The number of nitrogens with two attached hydrogens (primary N) is 1. The Kier molecular flexibility index (Phi) is 3.17. The summed E-state index contributed by atoms with van der Waals surface area (Å²) in [4.78, 5) is 0. The Labute approximate surface area is 115 Å². The van der Waals surface area contributed by atoms with Gasteiger partial charge in [0.1, 0.15) is 11.5 Å². The van der Waals surface area contributed by atoms with Gasteiger partial charge in [0.25, 0.3) is 0 Å². The van der Waals surface area contributed by atoms with Crippen LogP contribution in [0.25, 0.3) is 0 Å². The van der Waals surface area contributed by atoms with Crippen LogP contribution in [0.5, 0.6) is 11.5 Å². The maximum Gasteiger partial charge on any atom is 0.126 e. The van der Waals surface area contributed by atoms with Crippen LogP contribution in [0.15, 0.2) is 6.07 Å². The molecule has 2 aliphatic rings.